The van der Waals surface area contributed by atoms with Crippen LogP contribution < -0.4 is 0 Å². The van der Waals surface area contributed by atoms with Crippen molar-refractivity contribution in [2.24, 2.45) is 0 Å². The van der Waals surface area contributed by atoms with Gasteiger partial charge in [0, 0.05) is 0 Å². The summed E-state index contributed by atoms with van der Waals surface area (Å²) in [6, 6.07) is 4.40. The number of halogens is 1. The van der Waals surface area contributed by atoms with Crippen molar-refractivity contribution in [3.05, 3.63) is 41.2 Å². The molecular weight excluding hydrogens is 183 g/mol. The molecule has 0 aliphatic heterocycles. The maximum atomic E-state index is 12.7. The van der Waals surface area contributed by atoms with Crippen LogP contribution >= 0.6 is 0 Å². The van der Waals surface area contributed by atoms with Crippen LogP contribution in [-0.2, 0) is 4.79 Å². The van der Waals surface area contributed by atoms with Gasteiger partial charge in [0.2, 0.25) is 0 Å². The summed E-state index contributed by atoms with van der Waals surface area (Å²) in [5.41, 5.74) is 1.64. The van der Waals surface area contributed by atoms with E-state index in [0.717, 1.165) is 11.1 Å². The molecule has 0 aromatic heterocycles. The van der Waals surface area contributed by atoms with Gasteiger partial charge in [-0.3, -0.25) is 4.79 Å². The maximum absolute atomic E-state index is 12.7. The fraction of sp³-hybridized carbons (Fsp3) is 0.182. The fourth-order valence-electron chi connectivity index (χ4n) is 1.11. The molecule has 2 nitrogen and oxygen atoms in total. The van der Waals surface area contributed by atoms with E-state index in [9.17, 15) is 9.18 Å². The van der Waals surface area contributed by atoms with Crippen LogP contribution in [0.1, 0.15) is 17.5 Å². The van der Waals surface area contributed by atoms with Crippen molar-refractivity contribution in [1.82, 2.24) is 0 Å². The van der Waals surface area contributed by atoms with E-state index in [-0.39, 0.29) is 12.2 Å². The molecule has 0 atom stereocenters. The van der Waals surface area contributed by atoms with E-state index in [1.165, 1.54) is 12.1 Å². The highest BCUT2D eigenvalue weighted by atomic mass is 19.1. The van der Waals surface area contributed by atoms with Gasteiger partial charge in [-0.25, -0.2) is 4.39 Å². The Kier molecular flexibility index (Phi) is 3.40. The second-order valence-corrected chi connectivity index (χ2v) is 3.00. The summed E-state index contributed by atoms with van der Waals surface area (Å²) < 4.78 is 12.7. The Labute approximate surface area is 81.7 Å². The lowest BCUT2D eigenvalue weighted by Gasteiger charge is -1.99. The van der Waals surface area contributed by atoms with Crippen LogP contribution in [0.4, 0.5) is 4.39 Å². The Bertz CT molecular complexity index is 370. The highest BCUT2D eigenvalue weighted by molar-refractivity contribution is 5.70. The molecule has 14 heavy (non-hydrogen) atoms. The predicted octanol–water partition coefficient (Wildman–Crippen LogP) is 2.62. The number of hydrogen-bond donors (Lipinski definition) is 1. The van der Waals surface area contributed by atoms with Gasteiger partial charge in [0.1, 0.15) is 5.82 Å². The first kappa shape index (κ1) is 10.4. The Balaban J connectivity index is 2.76. The third-order valence-corrected chi connectivity index (χ3v) is 1.82. The Morgan fingerprint density at radius 3 is 2.86 bits per heavy atom. The average molecular weight is 194 g/mol. The minimum Gasteiger partial charge on any atom is -0.481 e. The monoisotopic (exact) mass is 194 g/mol. The van der Waals surface area contributed by atoms with Crippen molar-refractivity contribution < 1.29 is 14.3 Å². The smallest absolute Gasteiger partial charge is 0.307 e. The summed E-state index contributed by atoms with van der Waals surface area (Å²) in [7, 11) is 0. The summed E-state index contributed by atoms with van der Waals surface area (Å²) in [6.45, 7) is 1.78. The number of aliphatic carboxylic acids is 1. The first-order valence-corrected chi connectivity index (χ1v) is 4.24. The third-order valence-electron chi connectivity index (χ3n) is 1.82. The minimum atomic E-state index is -0.874. The van der Waals surface area contributed by atoms with Gasteiger partial charge in [-0.15, -0.1) is 0 Å². The molecule has 1 aromatic rings. The van der Waals surface area contributed by atoms with Crippen molar-refractivity contribution in [2.75, 3.05) is 0 Å². The van der Waals surface area contributed by atoms with E-state index in [1.807, 2.05) is 0 Å². The molecule has 0 saturated carbocycles. The summed E-state index contributed by atoms with van der Waals surface area (Å²) in [4.78, 5) is 10.2. The van der Waals surface area contributed by atoms with Crippen molar-refractivity contribution >= 4 is 12.0 Å². The van der Waals surface area contributed by atoms with E-state index in [1.54, 1.807) is 25.1 Å². The topological polar surface area (TPSA) is 37.3 Å². The quantitative estimate of drug-likeness (QED) is 0.803. The molecule has 0 aliphatic rings. The molecule has 1 N–H and O–H groups in total. The number of carboxylic acid groups (broad SMARTS) is 1. The van der Waals surface area contributed by atoms with E-state index in [2.05, 4.69) is 0 Å². The molecule has 0 unspecified atom stereocenters. The summed E-state index contributed by atoms with van der Waals surface area (Å²) in [6.07, 6.45) is 3.21. The summed E-state index contributed by atoms with van der Waals surface area (Å²) in [5, 5.41) is 8.39. The molecule has 0 saturated heterocycles. The first-order chi connectivity index (χ1) is 6.59. The van der Waals surface area contributed by atoms with E-state index in [0.29, 0.717) is 0 Å². The lowest BCUT2D eigenvalue weighted by Crippen LogP contribution is -1.90. The first-order valence-electron chi connectivity index (χ1n) is 4.24. The van der Waals surface area contributed by atoms with E-state index in [4.69, 9.17) is 5.11 Å². The van der Waals surface area contributed by atoms with Gasteiger partial charge in [0.25, 0.3) is 0 Å². The Hall–Kier alpha value is -1.64. The van der Waals surface area contributed by atoms with Crippen LogP contribution in [0.2, 0.25) is 0 Å². The van der Waals surface area contributed by atoms with Crippen LogP contribution in [0.25, 0.3) is 6.08 Å². The standard InChI is InChI=1S/C11H11FO2/c1-8-7-10(12)6-5-9(8)3-2-4-11(13)14/h2-3,5-7H,4H2,1H3,(H,13,14). The second kappa shape index (κ2) is 4.56. The number of benzene rings is 1. The lowest BCUT2D eigenvalue weighted by atomic mass is 10.1. The SMILES string of the molecule is Cc1cc(F)ccc1C=CCC(=O)O. The predicted molar refractivity (Wildman–Crippen MR) is 52.4 cm³/mol. The fourth-order valence-corrected chi connectivity index (χ4v) is 1.11. The van der Waals surface area contributed by atoms with Gasteiger partial charge in [0.15, 0.2) is 0 Å². The highest BCUT2D eigenvalue weighted by Crippen LogP contribution is 2.11. The highest BCUT2D eigenvalue weighted by Gasteiger charge is 1.96. The van der Waals surface area contributed by atoms with Crippen LogP contribution in [0, 0.1) is 12.7 Å². The molecule has 1 rings (SSSR count). The zero-order valence-electron chi connectivity index (χ0n) is 7.83. The third kappa shape index (κ3) is 3.01. The van der Waals surface area contributed by atoms with Gasteiger partial charge < -0.3 is 5.11 Å². The summed E-state index contributed by atoms with van der Waals surface area (Å²) in [5.74, 6) is -1.15. The minimum absolute atomic E-state index is 0.0170. The van der Waals surface area contributed by atoms with Gasteiger partial charge in [0.05, 0.1) is 6.42 Å². The van der Waals surface area contributed by atoms with Gasteiger partial charge in [-0.1, -0.05) is 18.2 Å². The van der Waals surface area contributed by atoms with Gasteiger partial charge in [-0.05, 0) is 30.2 Å². The zero-order valence-corrected chi connectivity index (χ0v) is 7.83. The molecule has 0 radical (unpaired) electrons. The van der Waals surface area contributed by atoms with Gasteiger partial charge >= 0.3 is 5.97 Å². The van der Waals surface area contributed by atoms with Crippen molar-refractivity contribution in [3.63, 3.8) is 0 Å². The lowest BCUT2D eigenvalue weighted by molar-refractivity contribution is -0.135. The number of carboxylic acids is 1. The van der Waals surface area contributed by atoms with Gasteiger partial charge in [-0.2, -0.15) is 0 Å². The molecule has 3 heteroatoms. The molecule has 0 heterocycles. The number of rotatable bonds is 3. The molecule has 0 aliphatic carbocycles. The van der Waals surface area contributed by atoms with Crippen molar-refractivity contribution in [2.45, 2.75) is 13.3 Å². The maximum Gasteiger partial charge on any atom is 0.307 e. The second-order valence-electron chi connectivity index (χ2n) is 3.00. The number of aryl methyl sites for hydroxylation is 1. The average Bonchev–Trinajstić information content (AvgIpc) is 2.08. The molecule has 0 bridgehead atoms. The number of hydrogen-bond acceptors (Lipinski definition) is 1. The summed E-state index contributed by atoms with van der Waals surface area (Å²) >= 11 is 0. The zero-order chi connectivity index (χ0) is 10.6. The molecule has 0 spiro atoms. The van der Waals surface area contributed by atoms with Crippen LogP contribution in [0.3, 0.4) is 0 Å². The molecule has 74 valence electrons. The molecular formula is C11H11FO2. The number of carbonyl (C=O) groups is 1. The molecule has 0 fully saturated rings. The Morgan fingerprint density at radius 1 is 1.57 bits per heavy atom. The van der Waals surface area contributed by atoms with Crippen LogP contribution in [-0.4, -0.2) is 11.1 Å². The van der Waals surface area contributed by atoms with Crippen molar-refractivity contribution in [1.29, 1.82) is 0 Å². The van der Waals surface area contributed by atoms with E-state index >= 15 is 0 Å². The van der Waals surface area contributed by atoms with Crippen LogP contribution in [0.5, 0.6) is 0 Å². The van der Waals surface area contributed by atoms with E-state index < -0.39 is 5.97 Å². The van der Waals surface area contributed by atoms with Crippen molar-refractivity contribution in [3.8, 4) is 0 Å². The molecule has 1 aromatic carbocycles. The normalized spacial score (nSPS) is 10.7. The molecule has 0 amide bonds. The largest absolute Gasteiger partial charge is 0.481 e. The van der Waals surface area contributed by atoms with Crippen LogP contribution in [0.15, 0.2) is 24.3 Å². The Morgan fingerprint density at radius 2 is 2.29 bits per heavy atom.